The number of benzene rings is 1. The van der Waals surface area contributed by atoms with Crippen LogP contribution < -0.4 is 10.1 Å². The molecule has 102 valence electrons. The van der Waals surface area contributed by atoms with Gasteiger partial charge in [-0.1, -0.05) is 12.2 Å². The first kappa shape index (κ1) is 14.7. The van der Waals surface area contributed by atoms with Gasteiger partial charge in [-0.3, -0.25) is 14.9 Å². The normalized spacial score (nSPS) is 10.4. The van der Waals surface area contributed by atoms with E-state index < -0.39 is 4.92 Å². The predicted molar refractivity (Wildman–Crippen MR) is 72.0 cm³/mol. The molecule has 0 bridgehead atoms. The van der Waals surface area contributed by atoms with Crippen LogP contribution >= 0.6 is 0 Å². The molecule has 0 heterocycles. The van der Waals surface area contributed by atoms with E-state index in [1.165, 1.54) is 26.2 Å². The fourth-order valence-electron chi connectivity index (χ4n) is 1.51. The van der Waals surface area contributed by atoms with Gasteiger partial charge < -0.3 is 10.1 Å². The molecule has 1 aromatic rings. The van der Waals surface area contributed by atoms with Gasteiger partial charge in [-0.2, -0.15) is 0 Å². The lowest BCUT2D eigenvalue weighted by atomic mass is 10.1. The van der Waals surface area contributed by atoms with E-state index >= 15 is 0 Å². The van der Waals surface area contributed by atoms with E-state index in [4.69, 9.17) is 4.74 Å². The number of non-ortho nitro benzene ring substituents is 1. The predicted octanol–water partition coefficient (Wildman–Crippen LogP) is 2.14. The summed E-state index contributed by atoms with van der Waals surface area (Å²) in [5.41, 5.74) is 0.654. The molecule has 0 aliphatic heterocycles. The topological polar surface area (TPSA) is 81.5 Å². The van der Waals surface area contributed by atoms with Crippen molar-refractivity contribution in [1.29, 1.82) is 0 Å². The number of hydrogen-bond acceptors (Lipinski definition) is 4. The number of ether oxygens (including phenoxy) is 1. The van der Waals surface area contributed by atoms with E-state index in [0.717, 1.165) is 0 Å². The average Bonchev–Trinajstić information content (AvgIpc) is 2.37. The first-order valence-corrected chi connectivity index (χ1v) is 5.78. The second-order valence-corrected chi connectivity index (χ2v) is 3.86. The molecule has 0 fully saturated rings. The number of hydrogen-bond donors (Lipinski definition) is 1. The number of carbonyl (C=O) groups is 1. The van der Waals surface area contributed by atoms with Crippen molar-refractivity contribution in [2.24, 2.45) is 0 Å². The number of methoxy groups -OCH3 is 1. The average molecular weight is 264 g/mol. The van der Waals surface area contributed by atoms with Gasteiger partial charge in [-0.05, 0) is 12.5 Å². The maximum absolute atomic E-state index is 10.7. The first-order valence-electron chi connectivity index (χ1n) is 5.78. The summed E-state index contributed by atoms with van der Waals surface area (Å²) in [6, 6.07) is 4.41. The number of amides is 1. The van der Waals surface area contributed by atoms with Crippen molar-refractivity contribution < 1.29 is 14.5 Å². The molecule has 0 saturated carbocycles. The summed E-state index contributed by atoms with van der Waals surface area (Å²) >= 11 is 0. The zero-order chi connectivity index (χ0) is 14.3. The molecule has 0 radical (unpaired) electrons. The summed E-state index contributed by atoms with van der Waals surface area (Å²) in [6.45, 7) is 1.98. The number of nitrogens with one attached hydrogen (secondary N) is 1. The van der Waals surface area contributed by atoms with Crippen LogP contribution in [-0.4, -0.2) is 24.5 Å². The highest BCUT2D eigenvalue weighted by atomic mass is 16.6. The van der Waals surface area contributed by atoms with Gasteiger partial charge in [0.15, 0.2) is 0 Å². The summed E-state index contributed by atoms with van der Waals surface area (Å²) < 4.78 is 5.13. The number of nitrogens with zero attached hydrogens (tertiary/aromatic N) is 1. The number of carbonyl (C=O) groups excluding carboxylic acids is 1. The van der Waals surface area contributed by atoms with Crippen LogP contribution in [0.5, 0.6) is 5.75 Å². The van der Waals surface area contributed by atoms with Crippen molar-refractivity contribution in [3.05, 3.63) is 40.0 Å². The fraction of sp³-hybridized carbons (Fsp3) is 0.308. The van der Waals surface area contributed by atoms with E-state index in [2.05, 4.69) is 5.32 Å². The van der Waals surface area contributed by atoms with Crippen LogP contribution in [0, 0.1) is 10.1 Å². The van der Waals surface area contributed by atoms with Crippen molar-refractivity contribution in [2.75, 3.05) is 13.7 Å². The third-order valence-electron chi connectivity index (χ3n) is 2.41. The quantitative estimate of drug-likeness (QED) is 0.485. The molecule has 6 nitrogen and oxygen atoms in total. The molecule has 0 unspecified atom stereocenters. The van der Waals surface area contributed by atoms with Gasteiger partial charge in [0.25, 0.3) is 5.69 Å². The zero-order valence-corrected chi connectivity index (χ0v) is 10.9. The van der Waals surface area contributed by atoms with Crippen LogP contribution in [0.1, 0.15) is 18.9 Å². The van der Waals surface area contributed by atoms with Crippen LogP contribution in [0.3, 0.4) is 0 Å². The molecule has 0 aliphatic rings. The minimum atomic E-state index is -0.450. The van der Waals surface area contributed by atoms with E-state index in [1.807, 2.05) is 6.08 Å². The lowest BCUT2D eigenvalue weighted by Crippen LogP contribution is -2.20. The van der Waals surface area contributed by atoms with Crippen molar-refractivity contribution in [3.63, 3.8) is 0 Å². The van der Waals surface area contributed by atoms with Crippen LogP contribution in [0.25, 0.3) is 6.08 Å². The molecule has 1 aromatic carbocycles. The van der Waals surface area contributed by atoms with Gasteiger partial charge in [0.2, 0.25) is 5.91 Å². The number of nitro benzene ring substituents is 1. The third-order valence-corrected chi connectivity index (χ3v) is 2.41. The summed E-state index contributed by atoms with van der Waals surface area (Å²) in [4.78, 5) is 20.9. The standard InChI is InChI=1S/C13H16N2O4/c1-10(16)14-8-4-3-5-11-9-12(15(17)18)6-7-13(11)19-2/h3,5-7,9H,4,8H2,1-2H3,(H,14,16). The van der Waals surface area contributed by atoms with Crippen LogP contribution in [-0.2, 0) is 4.79 Å². The van der Waals surface area contributed by atoms with Crippen molar-refractivity contribution >= 4 is 17.7 Å². The molecule has 19 heavy (non-hydrogen) atoms. The zero-order valence-electron chi connectivity index (χ0n) is 10.9. The fourth-order valence-corrected chi connectivity index (χ4v) is 1.51. The van der Waals surface area contributed by atoms with Gasteiger partial charge >= 0.3 is 0 Å². The third kappa shape index (κ3) is 4.79. The van der Waals surface area contributed by atoms with E-state index in [0.29, 0.717) is 24.3 Å². The Morgan fingerprint density at radius 1 is 1.53 bits per heavy atom. The Labute approximate surface area is 111 Å². The Balaban J connectivity index is 2.74. The summed E-state index contributed by atoms with van der Waals surface area (Å²) in [5.74, 6) is 0.489. The van der Waals surface area contributed by atoms with Gasteiger partial charge in [-0.15, -0.1) is 0 Å². The Morgan fingerprint density at radius 2 is 2.26 bits per heavy atom. The Morgan fingerprint density at radius 3 is 2.84 bits per heavy atom. The SMILES string of the molecule is COc1ccc([N+](=O)[O-])cc1C=CCCNC(C)=O. The molecular formula is C13H16N2O4. The van der Waals surface area contributed by atoms with Crippen molar-refractivity contribution in [1.82, 2.24) is 5.32 Å². The number of rotatable bonds is 6. The molecule has 1 N–H and O–H groups in total. The van der Waals surface area contributed by atoms with Crippen LogP contribution in [0.15, 0.2) is 24.3 Å². The molecule has 1 amide bonds. The highest BCUT2D eigenvalue weighted by molar-refractivity contribution is 5.72. The second-order valence-electron chi connectivity index (χ2n) is 3.86. The van der Waals surface area contributed by atoms with E-state index in [1.54, 1.807) is 12.1 Å². The van der Waals surface area contributed by atoms with E-state index in [9.17, 15) is 14.9 Å². The molecule has 0 aromatic heterocycles. The molecule has 1 rings (SSSR count). The maximum Gasteiger partial charge on any atom is 0.270 e. The highest BCUT2D eigenvalue weighted by Gasteiger charge is 2.08. The van der Waals surface area contributed by atoms with Gasteiger partial charge in [0.05, 0.1) is 12.0 Å². The second kappa shape index (κ2) is 7.15. The van der Waals surface area contributed by atoms with E-state index in [-0.39, 0.29) is 11.6 Å². The Kier molecular flexibility index (Phi) is 5.53. The Hall–Kier alpha value is -2.37. The van der Waals surface area contributed by atoms with Crippen molar-refractivity contribution in [2.45, 2.75) is 13.3 Å². The summed E-state index contributed by atoms with van der Waals surface area (Å²) in [7, 11) is 1.51. The van der Waals surface area contributed by atoms with Gasteiger partial charge in [0, 0.05) is 31.2 Å². The van der Waals surface area contributed by atoms with Crippen molar-refractivity contribution in [3.8, 4) is 5.75 Å². The lowest BCUT2D eigenvalue weighted by molar-refractivity contribution is -0.384. The Bertz CT molecular complexity index is 497. The minimum Gasteiger partial charge on any atom is -0.496 e. The van der Waals surface area contributed by atoms with Gasteiger partial charge in [-0.25, -0.2) is 0 Å². The van der Waals surface area contributed by atoms with Gasteiger partial charge in [0.1, 0.15) is 5.75 Å². The molecule has 0 spiro atoms. The monoisotopic (exact) mass is 264 g/mol. The lowest BCUT2D eigenvalue weighted by Gasteiger charge is -2.04. The molecule has 0 aliphatic carbocycles. The molecule has 0 saturated heterocycles. The van der Waals surface area contributed by atoms with Crippen LogP contribution in [0.4, 0.5) is 5.69 Å². The minimum absolute atomic E-state index is 0.0160. The highest BCUT2D eigenvalue weighted by Crippen LogP contribution is 2.25. The first-order chi connectivity index (χ1) is 9.04. The summed E-state index contributed by atoms with van der Waals surface area (Å²) in [6.07, 6.45) is 4.22. The number of nitro groups is 1. The smallest absolute Gasteiger partial charge is 0.270 e. The largest absolute Gasteiger partial charge is 0.496 e. The maximum atomic E-state index is 10.7. The van der Waals surface area contributed by atoms with Crippen LogP contribution in [0.2, 0.25) is 0 Å². The molecule has 0 atom stereocenters. The molecular weight excluding hydrogens is 248 g/mol. The summed E-state index contributed by atoms with van der Waals surface area (Å²) in [5, 5.41) is 13.4. The molecule has 6 heteroatoms.